The van der Waals surface area contributed by atoms with Gasteiger partial charge in [-0.1, -0.05) is 20.8 Å². The van der Waals surface area contributed by atoms with Gasteiger partial charge in [-0.05, 0) is 12.1 Å². The minimum Gasteiger partial charge on any atom is -0.475 e. The third-order valence-electron chi connectivity index (χ3n) is 1.96. The average Bonchev–Trinajstić information content (AvgIpc) is 2.72. The minimum absolute atomic E-state index is 0.0214. The van der Waals surface area contributed by atoms with Crippen LogP contribution in [0.2, 0.25) is 0 Å². The fourth-order valence-electron chi connectivity index (χ4n) is 1.18. The SMILES string of the molecule is CC(C)(C)SCCNC(=O)c1ccc(C(=O)O)o1. The molecule has 0 aliphatic carbocycles. The molecule has 0 bridgehead atoms. The monoisotopic (exact) mass is 271 g/mol. The number of carboxylic acids is 1. The van der Waals surface area contributed by atoms with Crippen molar-refractivity contribution in [2.24, 2.45) is 0 Å². The van der Waals surface area contributed by atoms with Gasteiger partial charge in [-0.15, -0.1) is 0 Å². The summed E-state index contributed by atoms with van der Waals surface area (Å²) in [5.74, 6) is -0.992. The first-order chi connectivity index (χ1) is 8.29. The first-order valence-corrected chi connectivity index (χ1v) is 6.53. The fourth-order valence-corrected chi connectivity index (χ4v) is 2.00. The maximum atomic E-state index is 11.6. The van der Waals surface area contributed by atoms with Crippen LogP contribution in [0.15, 0.2) is 16.5 Å². The molecular weight excluding hydrogens is 254 g/mol. The Balaban J connectivity index is 2.39. The van der Waals surface area contributed by atoms with E-state index in [4.69, 9.17) is 9.52 Å². The van der Waals surface area contributed by atoms with Gasteiger partial charge in [0, 0.05) is 17.0 Å². The smallest absolute Gasteiger partial charge is 0.371 e. The third-order valence-corrected chi connectivity index (χ3v) is 3.24. The summed E-state index contributed by atoms with van der Waals surface area (Å²) in [6, 6.07) is 2.62. The van der Waals surface area contributed by atoms with Crippen molar-refractivity contribution < 1.29 is 19.1 Å². The molecule has 0 unspecified atom stereocenters. The molecule has 100 valence electrons. The lowest BCUT2D eigenvalue weighted by Gasteiger charge is -2.17. The molecule has 1 heterocycles. The number of carbonyl (C=O) groups excluding carboxylic acids is 1. The molecule has 0 fully saturated rings. The van der Waals surface area contributed by atoms with Gasteiger partial charge in [-0.3, -0.25) is 4.79 Å². The zero-order valence-corrected chi connectivity index (χ0v) is 11.5. The van der Waals surface area contributed by atoms with Gasteiger partial charge in [-0.2, -0.15) is 11.8 Å². The minimum atomic E-state index is -1.18. The number of thioether (sulfide) groups is 1. The van der Waals surface area contributed by atoms with Crippen LogP contribution >= 0.6 is 11.8 Å². The topological polar surface area (TPSA) is 79.5 Å². The van der Waals surface area contributed by atoms with Gasteiger partial charge in [0.15, 0.2) is 5.76 Å². The Morgan fingerprint density at radius 1 is 1.33 bits per heavy atom. The van der Waals surface area contributed by atoms with E-state index in [2.05, 4.69) is 26.1 Å². The first-order valence-electron chi connectivity index (χ1n) is 5.55. The van der Waals surface area contributed by atoms with E-state index in [1.807, 2.05) is 0 Å². The molecule has 0 aliphatic heterocycles. The van der Waals surface area contributed by atoms with Crippen molar-refractivity contribution in [3.05, 3.63) is 23.7 Å². The fraction of sp³-hybridized carbons (Fsp3) is 0.500. The highest BCUT2D eigenvalue weighted by atomic mass is 32.2. The van der Waals surface area contributed by atoms with Gasteiger partial charge in [-0.25, -0.2) is 4.79 Å². The largest absolute Gasteiger partial charge is 0.475 e. The van der Waals surface area contributed by atoms with Gasteiger partial charge < -0.3 is 14.8 Å². The van der Waals surface area contributed by atoms with Gasteiger partial charge in [0.05, 0.1) is 0 Å². The number of nitrogens with one attached hydrogen (secondary N) is 1. The van der Waals surface area contributed by atoms with Gasteiger partial charge in [0.25, 0.3) is 5.91 Å². The summed E-state index contributed by atoms with van der Waals surface area (Å²) in [6.07, 6.45) is 0. The second-order valence-electron chi connectivity index (χ2n) is 4.69. The quantitative estimate of drug-likeness (QED) is 0.803. The van der Waals surface area contributed by atoms with Crippen LogP contribution in [0, 0.1) is 0 Å². The van der Waals surface area contributed by atoms with Crippen molar-refractivity contribution in [2.45, 2.75) is 25.5 Å². The van der Waals surface area contributed by atoms with Crippen LogP contribution in [0.5, 0.6) is 0 Å². The maximum absolute atomic E-state index is 11.6. The summed E-state index contributed by atoms with van der Waals surface area (Å²) in [7, 11) is 0. The van der Waals surface area contributed by atoms with Crippen LogP contribution in [-0.4, -0.2) is 34.0 Å². The van der Waals surface area contributed by atoms with Crippen molar-refractivity contribution in [3.63, 3.8) is 0 Å². The molecule has 18 heavy (non-hydrogen) atoms. The number of furan rings is 1. The van der Waals surface area contributed by atoms with Crippen LogP contribution in [0.4, 0.5) is 0 Å². The zero-order chi connectivity index (χ0) is 13.8. The molecule has 5 nitrogen and oxygen atoms in total. The van der Waals surface area contributed by atoms with Crippen molar-refractivity contribution in [1.82, 2.24) is 5.32 Å². The highest BCUT2D eigenvalue weighted by molar-refractivity contribution is 8.00. The summed E-state index contributed by atoms with van der Waals surface area (Å²) in [5, 5.41) is 11.3. The van der Waals surface area contributed by atoms with Crippen molar-refractivity contribution >= 4 is 23.6 Å². The first kappa shape index (κ1) is 14.6. The second-order valence-corrected chi connectivity index (χ2v) is 6.61. The molecule has 0 atom stereocenters. The van der Waals surface area contributed by atoms with E-state index in [-0.39, 0.29) is 16.3 Å². The Morgan fingerprint density at radius 3 is 2.44 bits per heavy atom. The summed E-state index contributed by atoms with van der Waals surface area (Å²) >= 11 is 1.74. The molecular formula is C12H17NO4S. The van der Waals surface area contributed by atoms with Gasteiger partial charge >= 0.3 is 5.97 Å². The van der Waals surface area contributed by atoms with E-state index >= 15 is 0 Å². The number of aromatic carboxylic acids is 1. The molecule has 1 rings (SSSR count). The Bertz CT molecular complexity index is 434. The molecule has 6 heteroatoms. The van der Waals surface area contributed by atoms with Crippen molar-refractivity contribution in [3.8, 4) is 0 Å². The van der Waals surface area contributed by atoms with E-state index in [0.717, 1.165) is 5.75 Å². The molecule has 0 saturated heterocycles. The van der Waals surface area contributed by atoms with Crippen molar-refractivity contribution in [2.75, 3.05) is 12.3 Å². The van der Waals surface area contributed by atoms with Gasteiger partial charge in [0.1, 0.15) is 0 Å². The van der Waals surface area contributed by atoms with E-state index in [9.17, 15) is 9.59 Å². The summed E-state index contributed by atoms with van der Waals surface area (Å²) in [4.78, 5) is 22.2. The summed E-state index contributed by atoms with van der Waals surface area (Å²) in [5.41, 5.74) is 0. The molecule has 0 aromatic carbocycles. The Morgan fingerprint density at radius 2 is 1.94 bits per heavy atom. The molecule has 0 spiro atoms. The molecule has 2 N–H and O–H groups in total. The predicted octanol–water partition coefficient (Wildman–Crippen LogP) is 2.24. The Hall–Kier alpha value is -1.43. The Kier molecular flexibility index (Phi) is 4.84. The number of carbonyl (C=O) groups is 2. The lowest BCUT2D eigenvalue weighted by atomic mass is 10.3. The van der Waals surface area contributed by atoms with Crippen LogP contribution in [0.3, 0.4) is 0 Å². The number of hydrogen-bond acceptors (Lipinski definition) is 4. The predicted molar refractivity (Wildman–Crippen MR) is 70.2 cm³/mol. The van der Waals surface area contributed by atoms with E-state index in [0.29, 0.717) is 6.54 Å². The van der Waals surface area contributed by atoms with Crippen LogP contribution in [0.1, 0.15) is 41.9 Å². The highest BCUT2D eigenvalue weighted by Gasteiger charge is 2.15. The standard InChI is InChI=1S/C12H17NO4S/c1-12(2,3)18-7-6-13-10(14)8-4-5-9(17-8)11(15)16/h4-5H,6-7H2,1-3H3,(H,13,14)(H,15,16). The van der Waals surface area contributed by atoms with E-state index < -0.39 is 11.9 Å². The van der Waals surface area contributed by atoms with E-state index in [1.54, 1.807) is 11.8 Å². The molecule has 1 aromatic heterocycles. The van der Waals surface area contributed by atoms with Crippen LogP contribution < -0.4 is 5.32 Å². The average molecular weight is 271 g/mol. The number of hydrogen-bond donors (Lipinski definition) is 2. The third kappa shape index (κ3) is 4.83. The molecule has 1 amide bonds. The molecule has 0 aliphatic rings. The van der Waals surface area contributed by atoms with Crippen LogP contribution in [0.25, 0.3) is 0 Å². The maximum Gasteiger partial charge on any atom is 0.371 e. The highest BCUT2D eigenvalue weighted by Crippen LogP contribution is 2.22. The van der Waals surface area contributed by atoms with Crippen molar-refractivity contribution in [1.29, 1.82) is 0 Å². The van der Waals surface area contributed by atoms with E-state index in [1.165, 1.54) is 12.1 Å². The summed E-state index contributed by atoms with van der Waals surface area (Å²) in [6.45, 7) is 6.82. The number of carboxylic acid groups (broad SMARTS) is 1. The molecule has 0 radical (unpaired) electrons. The number of rotatable bonds is 5. The second kappa shape index (κ2) is 5.95. The Labute approximate surface area is 110 Å². The van der Waals surface area contributed by atoms with Crippen LogP contribution in [-0.2, 0) is 0 Å². The van der Waals surface area contributed by atoms with Gasteiger partial charge in [0.2, 0.25) is 5.76 Å². The zero-order valence-electron chi connectivity index (χ0n) is 10.6. The number of amides is 1. The molecule has 0 saturated carbocycles. The summed E-state index contributed by atoms with van der Waals surface area (Å²) < 4.78 is 5.05. The lowest BCUT2D eigenvalue weighted by molar-refractivity contribution is 0.0659. The lowest BCUT2D eigenvalue weighted by Crippen LogP contribution is -2.26. The molecule has 1 aromatic rings. The normalized spacial score (nSPS) is 11.3.